The van der Waals surface area contributed by atoms with Gasteiger partial charge in [0.05, 0.1) is 0 Å². The van der Waals surface area contributed by atoms with Crippen LogP contribution in [0.25, 0.3) is 5.57 Å². The predicted octanol–water partition coefficient (Wildman–Crippen LogP) is 6.24. The van der Waals surface area contributed by atoms with Crippen molar-refractivity contribution in [3.63, 3.8) is 0 Å². The van der Waals surface area contributed by atoms with Crippen LogP contribution in [0.15, 0.2) is 59.3 Å². The lowest BCUT2D eigenvalue weighted by Crippen LogP contribution is -2.61. The molecule has 1 amide bonds. The van der Waals surface area contributed by atoms with Crippen molar-refractivity contribution in [2.75, 3.05) is 32.7 Å². The zero-order chi connectivity index (χ0) is 33.4. The fraction of sp³-hybridized carbons (Fsp3) is 0.576. The summed E-state index contributed by atoms with van der Waals surface area (Å²) in [4.78, 5) is 22.1. The lowest BCUT2D eigenvalue weighted by Gasteiger charge is -2.44. The molecule has 2 N–H and O–H groups in total. The Labute approximate surface area is 260 Å². The maximum absolute atomic E-state index is 13.4. The normalized spacial score (nSPS) is 24.9. The molecule has 3 aliphatic rings. The number of piperazine rings is 1. The fourth-order valence-electron chi connectivity index (χ4n) is 6.46. The number of halogens is 6. The smallest absolute Gasteiger partial charge is 0.369 e. The fourth-order valence-corrected chi connectivity index (χ4v) is 6.46. The number of allylic oxidation sites excluding steroid dienone is 3. The third-order valence-corrected chi connectivity index (χ3v) is 8.84. The molecule has 248 valence electrons. The van der Waals surface area contributed by atoms with Gasteiger partial charge in [0, 0.05) is 62.2 Å². The lowest BCUT2D eigenvalue weighted by atomic mass is 9.72. The van der Waals surface area contributed by atoms with Crippen LogP contribution in [0.2, 0.25) is 0 Å². The molecule has 0 bridgehead atoms. The molecule has 1 fully saturated rings. The van der Waals surface area contributed by atoms with Crippen LogP contribution in [0.5, 0.6) is 0 Å². The minimum absolute atomic E-state index is 0.0160. The predicted molar refractivity (Wildman–Crippen MR) is 162 cm³/mol. The summed E-state index contributed by atoms with van der Waals surface area (Å²) < 4.78 is 80.1. The molecule has 0 radical (unpaired) electrons. The first-order chi connectivity index (χ1) is 20.8. The average molecular weight is 641 g/mol. The SMILES string of the molecule is CC(C)NC(=O)C1CN(CC2(C)C=CN=CC2)CCN1CC1=CC=C(c2ccc(C(O)(C(F)(F)F)C(F)(F)F)cc2)C(C)(C)C1. The van der Waals surface area contributed by atoms with Crippen LogP contribution in [-0.4, -0.2) is 84.2 Å². The van der Waals surface area contributed by atoms with Crippen molar-refractivity contribution >= 4 is 17.7 Å². The van der Waals surface area contributed by atoms with Crippen LogP contribution >= 0.6 is 0 Å². The number of benzene rings is 1. The van der Waals surface area contributed by atoms with E-state index in [0.717, 1.165) is 30.7 Å². The number of aliphatic imine (C=N–C) groups is 1. The van der Waals surface area contributed by atoms with E-state index >= 15 is 0 Å². The summed E-state index contributed by atoms with van der Waals surface area (Å²) in [5.41, 5.74) is -4.54. The zero-order valence-corrected chi connectivity index (χ0v) is 26.3. The number of rotatable bonds is 8. The van der Waals surface area contributed by atoms with Gasteiger partial charge >= 0.3 is 12.4 Å². The summed E-state index contributed by atoms with van der Waals surface area (Å²) in [5.74, 6) is -0.0368. The highest BCUT2D eigenvalue weighted by Gasteiger charge is 2.71. The maximum Gasteiger partial charge on any atom is 0.430 e. The molecule has 1 aromatic rings. The van der Waals surface area contributed by atoms with E-state index in [2.05, 4.69) is 33.1 Å². The van der Waals surface area contributed by atoms with Gasteiger partial charge in [-0.25, -0.2) is 0 Å². The summed E-state index contributed by atoms with van der Waals surface area (Å²) in [6.45, 7) is 13.4. The van der Waals surface area contributed by atoms with Crippen LogP contribution in [0.3, 0.4) is 0 Å². The highest BCUT2D eigenvalue weighted by molar-refractivity contribution is 5.82. The topological polar surface area (TPSA) is 68.2 Å². The summed E-state index contributed by atoms with van der Waals surface area (Å²) in [5, 5.41) is 12.8. The van der Waals surface area contributed by atoms with Crippen molar-refractivity contribution in [2.45, 2.75) is 77.5 Å². The first-order valence-corrected chi connectivity index (χ1v) is 15.1. The van der Waals surface area contributed by atoms with E-state index in [4.69, 9.17) is 0 Å². The van der Waals surface area contributed by atoms with E-state index in [-0.39, 0.29) is 23.4 Å². The van der Waals surface area contributed by atoms with E-state index < -0.39 is 28.9 Å². The Morgan fingerprint density at radius 2 is 1.69 bits per heavy atom. The standard InChI is InChI=1S/C33H42F6N4O2/c1-22(2)41-28(44)27-20-42(21-30(5)12-14-40-15-13-30)16-17-43(27)19-23-6-11-26(29(3,4)18-23)24-7-9-25(10-8-24)31(45,32(34,35)36)33(37,38)39/h6-12,14-15,22,27,45H,13,16-21H2,1-5H3,(H,41,44). The Morgan fingerprint density at radius 1 is 1.04 bits per heavy atom. The first kappa shape index (κ1) is 34.9. The number of hydrogen-bond acceptors (Lipinski definition) is 5. The second kappa shape index (κ2) is 12.7. The van der Waals surface area contributed by atoms with Gasteiger partial charge in [-0.15, -0.1) is 0 Å². The number of alkyl halides is 6. The second-order valence-corrected chi connectivity index (χ2v) is 13.6. The summed E-state index contributed by atoms with van der Waals surface area (Å²) >= 11 is 0. The third kappa shape index (κ3) is 7.55. The molecule has 2 unspecified atom stereocenters. The molecule has 0 saturated carbocycles. The molecular weight excluding hydrogens is 598 g/mol. The Hall–Kier alpha value is -2.96. The molecule has 6 nitrogen and oxygen atoms in total. The number of carbonyl (C=O) groups is 1. The largest absolute Gasteiger partial charge is 0.430 e. The minimum Gasteiger partial charge on any atom is -0.369 e. The Balaban J connectivity index is 1.54. The number of nitrogens with zero attached hydrogens (tertiary/aromatic N) is 3. The van der Waals surface area contributed by atoms with Crippen LogP contribution < -0.4 is 5.32 Å². The number of hydrogen-bond donors (Lipinski definition) is 2. The zero-order valence-electron chi connectivity index (χ0n) is 26.3. The summed E-state index contributed by atoms with van der Waals surface area (Å²) in [7, 11) is 0. The van der Waals surface area contributed by atoms with Gasteiger partial charge in [-0.05, 0) is 43.2 Å². The highest BCUT2D eigenvalue weighted by atomic mass is 19.4. The number of amides is 1. The van der Waals surface area contributed by atoms with Gasteiger partial charge in [-0.1, -0.05) is 68.8 Å². The van der Waals surface area contributed by atoms with Crippen molar-refractivity contribution in [2.24, 2.45) is 15.8 Å². The molecular formula is C33H42F6N4O2. The van der Waals surface area contributed by atoms with E-state index in [0.29, 0.717) is 43.8 Å². The van der Waals surface area contributed by atoms with Crippen molar-refractivity contribution in [3.05, 3.63) is 65.4 Å². The molecule has 2 atom stereocenters. The van der Waals surface area contributed by atoms with Gasteiger partial charge in [0.25, 0.3) is 5.60 Å². The van der Waals surface area contributed by atoms with Crippen LogP contribution in [0.1, 0.15) is 58.6 Å². The van der Waals surface area contributed by atoms with E-state index in [9.17, 15) is 36.2 Å². The Bertz CT molecular complexity index is 1350. The van der Waals surface area contributed by atoms with E-state index in [1.165, 1.54) is 12.1 Å². The molecule has 45 heavy (non-hydrogen) atoms. The van der Waals surface area contributed by atoms with Gasteiger partial charge in [0.15, 0.2) is 0 Å². The Morgan fingerprint density at radius 3 is 2.22 bits per heavy atom. The molecule has 12 heteroatoms. The molecule has 1 aliphatic carbocycles. The number of aliphatic hydroxyl groups is 1. The molecule has 0 spiro atoms. The molecule has 1 aromatic carbocycles. The van der Waals surface area contributed by atoms with Gasteiger partial charge in [0.1, 0.15) is 6.04 Å². The summed E-state index contributed by atoms with van der Waals surface area (Å²) in [6.07, 6.45) is -0.863. The molecule has 4 rings (SSSR count). The summed E-state index contributed by atoms with van der Waals surface area (Å²) in [6, 6.07) is 3.35. The van der Waals surface area contributed by atoms with E-state index in [1.54, 1.807) is 0 Å². The van der Waals surface area contributed by atoms with Gasteiger partial charge in [-0.3, -0.25) is 19.6 Å². The van der Waals surface area contributed by atoms with E-state index in [1.807, 2.05) is 52.3 Å². The van der Waals surface area contributed by atoms with Crippen molar-refractivity contribution in [1.29, 1.82) is 0 Å². The van der Waals surface area contributed by atoms with Gasteiger partial charge in [-0.2, -0.15) is 26.3 Å². The first-order valence-electron chi connectivity index (χ1n) is 15.1. The molecule has 2 heterocycles. The van der Waals surface area contributed by atoms with Crippen LogP contribution in [0, 0.1) is 10.8 Å². The van der Waals surface area contributed by atoms with Crippen molar-refractivity contribution in [3.8, 4) is 0 Å². The number of nitrogens with one attached hydrogen (secondary N) is 1. The van der Waals surface area contributed by atoms with Gasteiger partial charge in [0.2, 0.25) is 5.91 Å². The van der Waals surface area contributed by atoms with Gasteiger partial charge < -0.3 is 10.4 Å². The van der Waals surface area contributed by atoms with Crippen molar-refractivity contribution in [1.82, 2.24) is 15.1 Å². The second-order valence-electron chi connectivity index (χ2n) is 13.6. The maximum atomic E-state index is 13.4. The quantitative estimate of drug-likeness (QED) is 0.330. The monoisotopic (exact) mass is 640 g/mol. The van der Waals surface area contributed by atoms with Crippen LogP contribution in [-0.2, 0) is 10.4 Å². The molecule has 2 aliphatic heterocycles. The third-order valence-electron chi connectivity index (χ3n) is 8.84. The average Bonchev–Trinajstić information content (AvgIpc) is 2.92. The van der Waals surface area contributed by atoms with Crippen molar-refractivity contribution < 1.29 is 36.2 Å². The minimum atomic E-state index is -5.94. The van der Waals surface area contributed by atoms with Crippen LogP contribution in [0.4, 0.5) is 26.3 Å². The highest BCUT2D eigenvalue weighted by Crippen LogP contribution is 2.50. The molecule has 1 saturated heterocycles. The molecule has 0 aromatic heterocycles. The Kier molecular flexibility index (Phi) is 9.83. The lowest BCUT2D eigenvalue weighted by molar-refractivity contribution is -0.376. The number of carbonyl (C=O) groups excluding carboxylic acids is 1.